The summed E-state index contributed by atoms with van der Waals surface area (Å²) in [6, 6.07) is 5.40. The van der Waals surface area contributed by atoms with Gasteiger partial charge < -0.3 is 10.1 Å². The zero-order valence-corrected chi connectivity index (χ0v) is 12.8. The minimum absolute atomic E-state index is 0.0709. The molecule has 0 aromatic heterocycles. The molecule has 20 heavy (non-hydrogen) atoms. The molecule has 0 amide bonds. The molecule has 0 spiro atoms. The quantitative estimate of drug-likeness (QED) is 0.877. The Morgan fingerprint density at radius 2 is 2.15 bits per heavy atom. The smallest absolute Gasteiger partial charge is 0.165 e. The zero-order valence-electron chi connectivity index (χ0n) is 12.8. The molecule has 3 atom stereocenters. The third kappa shape index (κ3) is 3.95. The topological polar surface area (TPSA) is 21.3 Å². The van der Waals surface area contributed by atoms with E-state index in [-0.39, 0.29) is 11.9 Å². The standard InChI is InChI=1S/C17H26FNO/c1-4-9-19-15-8-6-13(3)11-17(15)20-16-10-12(2)5-7-14(16)18/h5,7,10,13,15,17,19H,4,6,8-9,11H2,1-3H3. The van der Waals surface area contributed by atoms with Crippen LogP contribution in [0.15, 0.2) is 18.2 Å². The van der Waals surface area contributed by atoms with E-state index in [0.717, 1.165) is 31.4 Å². The molecule has 0 radical (unpaired) electrons. The maximum absolute atomic E-state index is 13.9. The van der Waals surface area contributed by atoms with Crippen LogP contribution in [0.3, 0.4) is 0 Å². The molecule has 1 aliphatic rings. The Balaban J connectivity index is 2.08. The number of hydrogen-bond acceptors (Lipinski definition) is 2. The van der Waals surface area contributed by atoms with Crippen LogP contribution >= 0.6 is 0 Å². The molecule has 1 saturated carbocycles. The molecule has 0 heterocycles. The Bertz CT molecular complexity index is 433. The van der Waals surface area contributed by atoms with Gasteiger partial charge in [-0.1, -0.05) is 19.9 Å². The molecule has 1 fully saturated rings. The van der Waals surface area contributed by atoms with E-state index in [9.17, 15) is 4.39 Å². The van der Waals surface area contributed by atoms with Crippen LogP contribution in [-0.4, -0.2) is 18.7 Å². The van der Waals surface area contributed by atoms with Gasteiger partial charge in [-0.05, 0) is 62.8 Å². The van der Waals surface area contributed by atoms with Crippen LogP contribution in [0.2, 0.25) is 0 Å². The summed E-state index contributed by atoms with van der Waals surface area (Å²) in [5.41, 5.74) is 1.03. The van der Waals surface area contributed by atoms with Crippen molar-refractivity contribution in [1.82, 2.24) is 5.32 Å². The van der Waals surface area contributed by atoms with E-state index < -0.39 is 0 Å². The van der Waals surface area contributed by atoms with Gasteiger partial charge in [0.05, 0.1) is 0 Å². The molecule has 1 N–H and O–H groups in total. The van der Waals surface area contributed by atoms with Crippen LogP contribution in [0, 0.1) is 18.7 Å². The van der Waals surface area contributed by atoms with E-state index >= 15 is 0 Å². The van der Waals surface area contributed by atoms with E-state index in [1.165, 1.54) is 12.5 Å². The molecule has 0 aliphatic heterocycles. The fourth-order valence-corrected chi connectivity index (χ4v) is 2.89. The first-order chi connectivity index (χ1) is 9.60. The number of halogens is 1. The van der Waals surface area contributed by atoms with Gasteiger partial charge in [0.15, 0.2) is 11.6 Å². The van der Waals surface area contributed by atoms with E-state index in [0.29, 0.717) is 17.7 Å². The molecular weight excluding hydrogens is 253 g/mol. The predicted octanol–water partition coefficient (Wildman–Crippen LogP) is 4.07. The van der Waals surface area contributed by atoms with Gasteiger partial charge in [-0.25, -0.2) is 4.39 Å². The highest BCUT2D eigenvalue weighted by atomic mass is 19.1. The number of benzene rings is 1. The maximum atomic E-state index is 13.9. The Hall–Kier alpha value is -1.09. The van der Waals surface area contributed by atoms with Crippen molar-refractivity contribution >= 4 is 0 Å². The monoisotopic (exact) mass is 279 g/mol. The fourth-order valence-electron chi connectivity index (χ4n) is 2.89. The SMILES string of the molecule is CCCNC1CCC(C)CC1Oc1cc(C)ccc1F. The maximum Gasteiger partial charge on any atom is 0.165 e. The third-order valence-electron chi connectivity index (χ3n) is 4.08. The molecule has 0 bridgehead atoms. The molecule has 2 rings (SSSR count). The molecule has 1 aromatic rings. The lowest BCUT2D eigenvalue weighted by molar-refractivity contribution is 0.0870. The number of ether oxygens (including phenoxy) is 1. The van der Waals surface area contributed by atoms with Gasteiger partial charge in [0.25, 0.3) is 0 Å². The summed E-state index contributed by atoms with van der Waals surface area (Å²) >= 11 is 0. The summed E-state index contributed by atoms with van der Waals surface area (Å²) in [6.45, 7) is 7.37. The second kappa shape index (κ2) is 7.07. The normalized spacial score (nSPS) is 26.5. The summed E-state index contributed by atoms with van der Waals surface area (Å²) in [5, 5.41) is 3.55. The summed E-state index contributed by atoms with van der Waals surface area (Å²) in [7, 11) is 0. The van der Waals surface area contributed by atoms with Gasteiger partial charge in [-0.3, -0.25) is 0 Å². The van der Waals surface area contributed by atoms with Crippen LogP contribution in [0.5, 0.6) is 5.75 Å². The third-order valence-corrected chi connectivity index (χ3v) is 4.08. The molecule has 112 valence electrons. The first-order valence-corrected chi connectivity index (χ1v) is 7.76. The average molecular weight is 279 g/mol. The van der Waals surface area contributed by atoms with E-state index in [1.807, 2.05) is 6.92 Å². The highest BCUT2D eigenvalue weighted by Gasteiger charge is 2.30. The van der Waals surface area contributed by atoms with E-state index in [2.05, 4.69) is 19.2 Å². The van der Waals surface area contributed by atoms with Crippen molar-refractivity contribution in [2.24, 2.45) is 5.92 Å². The van der Waals surface area contributed by atoms with Crippen LogP contribution < -0.4 is 10.1 Å². The van der Waals surface area contributed by atoms with Crippen LogP contribution in [0.1, 0.15) is 45.1 Å². The van der Waals surface area contributed by atoms with Gasteiger partial charge in [0.1, 0.15) is 6.10 Å². The predicted molar refractivity (Wildman–Crippen MR) is 80.6 cm³/mol. The van der Waals surface area contributed by atoms with Gasteiger partial charge >= 0.3 is 0 Å². The lowest BCUT2D eigenvalue weighted by Crippen LogP contribution is -2.47. The van der Waals surface area contributed by atoms with E-state index in [1.54, 1.807) is 12.1 Å². The van der Waals surface area contributed by atoms with Crippen molar-refractivity contribution < 1.29 is 9.13 Å². The number of rotatable bonds is 5. The van der Waals surface area contributed by atoms with Crippen LogP contribution in [0.4, 0.5) is 4.39 Å². The Kier molecular flexibility index (Phi) is 5.41. The van der Waals surface area contributed by atoms with Crippen molar-refractivity contribution in [1.29, 1.82) is 0 Å². The lowest BCUT2D eigenvalue weighted by atomic mass is 9.85. The molecule has 2 nitrogen and oxygen atoms in total. The largest absolute Gasteiger partial charge is 0.486 e. The highest BCUT2D eigenvalue weighted by molar-refractivity contribution is 5.29. The van der Waals surface area contributed by atoms with Gasteiger partial charge in [-0.15, -0.1) is 0 Å². The van der Waals surface area contributed by atoms with Gasteiger partial charge in [0, 0.05) is 6.04 Å². The Morgan fingerprint density at radius 1 is 1.35 bits per heavy atom. The average Bonchev–Trinajstić information content (AvgIpc) is 2.42. The highest BCUT2D eigenvalue weighted by Crippen LogP contribution is 2.29. The fraction of sp³-hybridized carbons (Fsp3) is 0.647. The summed E-state index contributed by atoms with van der Waals surface area (Å²) in [6.07, 6.45) is 4.50. The minimum Gasteiger partial charge on any atom is -0.486 e. The van der Waals surface area contributed by atoms with Gasteiger partial charge in [0.2, 0.25) is 0 Å². The summed E-state index contributed by atoms with van der Waals surface area (Å²) in [5.74, 6) is 0.781. The Morgan fingerprint density at radius 3 is 2.90 bits per heavy atom. The van der Waals surface area contributed by atoms with Crippen molar-refractivity contribution in [2.75, 3.05) is 6.54 Å². The number of nitrogens with one attached hydrogen (secondary N) is 1. The summed E-state index contributed by atoms with van der Waals surface area (Å²) in [4.78, 5) is 0. The zero-order chi connectivity index (χ0) is 14.5. The molecule has 3 heteroatoms. The van der Waals surface area contributed by atoms with Crippen molar-refractivity contribution in [2.45, 2.75) is 58.6 Å². The van der Waals surface area contributed by atoms with Crippen molar-refractivity contribution in [3.8, 4) is 5.75 Å². The Labute approximate surface area is 121 Å². The molecular formula is C17H26FNO. The van der Waals surface area contributed by atoms with E-state index in [4.69, 9.17) is 4.74 Å². The molecule has 3 unspecified atom stereocenters. The number of aryl methyl sites for hydroxylation is 1. The molecule has 1 aliphatic carbocycles. The van der Waals surface area contributed by atoms with Crippen LogP contribution in [-0.2, 0) is 0 Å². The van der Waals surface area contributed by atoms with Crippen molar-refractivity contribution in [3.63, 3.8) is 0 Å². The minimum atomic E-state index is -0.261. The first-order valence-electron chi connectivity index (χ1n) is 7.76. The van der Waals surface area contributed by atoms with Gasteiger partial charge in [-0.2, -0.15) is 0 Å². The van der Waals surface area contributed by atoms with Crippen molar-refractivity contribution in [3.05, 3.63) is 29.6 Å². The first kappa shape index (κ1) is 15.3. The lowest BCUT2D eigenvalue weighted by Gasteiger charge is -2.35. The molecule has 1 aromatic carbocycles. The second-order valence-electron chi connectivity index (χ2n) is 6.07. The number of hydrogen-bond donors (Lipinski definition) is 1. The second-order valence-corrected chi connectivity index (χ2v) is 6.07. The molecule has 0 saturated heterocycles. The van der Waals surface area contributed by atoms with Crippen LogP contribution in [0.25, 0.3) is 0 Å². The summed E-state index contributed by atoms with van der Waals surface area (Å²) < 4.78 is 19.9.